The van der Waals surface area contributed by atoms with E-state index in [-0.39, 0.29) is 17.4 Å². The summed E-state index contributed by atoms with van der Waals surface area (Å²) < 4.78 is 15.7. The lowest BCUT2D eigenvalue weighted by Crippen LogP contribution is -2.25. The zero-order valence-electron chi connectivity index (χ0n) is 22.1. The number of carbonyl (C=O) groups excluding carboxylic acids is 1. The molecule has 0 radical (unpaired) electrons. The Labute approximate surface area is 232 Å². The van der Waals surface area contributed by atoms with Crippen LogP contribution in [0.5, 0.6) is 0 Å². The lowest BCUT2D eigenvalue weighted by Gasteiger charge is -2.25. The summed E-state index contributed by atoms with van der Waals surface area (Å²) in [7, 11) is 0. The summed E-state index contributed by atoms with van der Waals surface area (Å²) in [6, 6.07) is 12.6. The lowest BCUT2D eigenvalue weighted by atomic mass is 9.95. The molecule has 0 atom stereocenters. The molecule has 202 valence electrons. The van der Waals surface area contributed by atoms with Gasteiger partial charge in [0.1, 0.15) is 11.7 Å². The first-order valence-corrected chi connectivity index (χ1v) is 13.6. The summed E-state index contributed by atoms with van der Waals surface area (Å²) in [6.45, 7) is 4.03. The van der Waals surface area contributed by atoms with Gasteiger partial charge in [-0.05, 0) is 60.7 Å². The Morgan fingerprint density at radius 2 is 1.97 bits per heavy atom. The molecule has 0 bridgehead atoms. The van der Waals surface area contributed by atoms with E-state index in [2.05, 4.69) is 45.8 Å². The van der Waals surface area contributed by atoms with E-state index in [4.69, 9.17) is 17.3 Å². The molecule has 1 fully saturated rings. The number of amides is 1. The molecule has 2 heterocycles. The molecule has 1 amide bonds. The number of halogens is 2. The maximum atomic E-state index is 13.9. The Bertz CT molecular complexity index is 1560. The number of hydrogen-bond donors (Lipinski definition) is 3. The molecular weight excluding hydrogens is 515 g/mol. The van der Waals surface area contributed by atoms with E-state index in [1.807, 2.05) is 16.8 Å². The van der Waals surface area contributed by atoms with Crippen molar-refractivity contribution in [2.45, 2.75) is 58.5 Å². The second-order valence-corrected chi connectivity index (χ2v) is 10.5. The van der Waals surface area contributed by atoms with Crippen LogP contribution in [0, 0.1) is 12.7 Å². The number of nitrogens with one attached hydrogen (secondary N) is 2. The van der Waals surface area contributed by atoms with Crippen LogP contribution in [0.15, 0.2) is 59.9 Å². The summed E-state index contributed by atoms with van der Waals surface area (Å²) in [4.78, 5) is 15.9. The topological polar surface area (TPSA) is 96.8 Å². The molecular formula is C30H32ClFN6O. The number of rotatable bonds is 7. The van der Waals surface area contributed by atoms with Gasteiger partial charge in [-0.2, -0.15) is 5.10 Å². The summed E-state index contributed by atoms with van der Waals surface area (Å²) in [6.07, 6.45) is 9.40. The highest BCUT2D eigenvalue weighted by molar-refractivity contribution is 6.33. The molecule has 0 unspecified atom stereocenters. The maximum absolute atomic E-state index is 13.9. The van der Waals surface area contributed by atoms with Gasteiger partial charge < -0.3 is 16.4 Å². The van der Waals surface area contributed by atoms with E-state index in [0.29, 0.717) is 23.2 Å². The smallest absolute Gasteiger partial charge is 0.217 e. The largest absolute Gasteiger partial charge is 0.383 e. The Kier molecular flexibility index (Phi) is 7.84. The zero-order chi connectivity index (χ0) is 27.5. The third-order valence-electron chi connectivity index (χ3n) is 7.17. The van der Waals surface area contributed by atoms with Gasteiger partial charge in [0.15, 0.2) is 0 Å². The molecule has 0 saturated heterocycles. The Morgan fingerprint density at radius 1 is 1.18 bits per heavy atom. The predicted octanol–water partition coefficient (Wildman–Crippen LogP) is 6.52. The third-order valence-corrected chi connectivity index (χ3v) is 7.49. The molecule has 1 aliphatic rings. The summed E-state index contributed by atoms with van der Waals surface area (Å²) in [5, 5.41) is 11.6. The SMILES string of the molecule is CC(=O)NCc1ccc(C)c(-c2cc3c(NC4CCCCC4)c(C(N)=Nc4cc(F)ccc4Cl)cnn3c2)c1. The summed E-state index contributed by atoms with van der Waals surface area (Å²) >= 11 is 6.27. The highest BCUT2D eigenvalue weighted by atomic mass is 35.5. The number of amidine groups is 1. The molecule has 4 aromatic rings. The number of aryl methyl sites for hydroxylation is 1. The van der Waals surface area contributed by atoms with Crippen LogP contribution in [0.2, 0.25) is 5.02 Å². The number of benzene rings is 2. The molecule has 1 aliphatic carbocycles. The standard InChI is InChI=1S/C30H32ClFN6O/c1-18-8-9-20(15-34-19(2)39)12-24(18)21-13-28-29(36-23-6-4-3-5-7-23)25(16-35-38(28)17-21)30(33)37-27-14-22(32)10-11-26(27)31/h8-14,16-17,23,36H,3-7,15H2,1-2H3,(H2,33,37)(H,34,39). The van der Waals surface area contributed by atoms with Gasteiger partial charge in [-0.3, -0.25) is 4.79 Å². The van der Waals surface area contributed by atoms with Gasteiger partial charge in [-0.25, -0.2) is 13.9 Å². The number of fused-ring (bicyclic) bond motifs is 1. The number of nitrogens with zero attached hydrogens (tertiary/aromatic N) is 3. The molecule has 1 saturated carbocycles. The van der Waals surface area contributed by atoms with E-state index < -0.39 is 5.82 Å². The summed E-state index contributed by atoms with van der Waals surface area (Å²) in [5.41, 5.74) is 13.3. The van der Waals surface area contributed by atoms with Gasteiger partial charge in [0.25, 0.3) is 0 Å². The van der Waals surface area contributed by atoms with Crippen LogP contribution in [-0.4, -0.2) is 27.4 Å². The highest BCUT2D eigenvalue weighted by Crippen LogP contribution is 2.33. The molecule has 2 aromatic heterocycles. The second kappa shape index (κ2) is 11.5. The molecule has 9 heteroatoms. The highest BCUT2D eigenvalue weighted by Gasteiger charge is 2.20. The fraction of sp³-hybridized carbons (Fsp3) is 0.300. The minimum atomic E-state index is -0.438. The van der Waals surface area contributed by atoms with Crippen molar-refractivity contribution in [1.29, 1.82) is 0 Å². The van der Waals surface area contributed by atoms with Crippen molar-refractivity contribution in [1.82, 2.24) is 14.9 Å². The van der Waals surface area contributed by atoms with Crippen molar-refractivity contribution in [3.05, 3.63) is 82.4 Å². The molecule has 39 heavy (non-hydrogen) atoms. The monoisotopic (exact) mass is 546 g/mol. The maximum Gasteiger partial charge on any atom is 0.217 e. The van der Waals surface area contributed by atoms with Crippen molar-refractivity contribution in [3.8, 4) is 11.1 Å². The zero-order valence-corrected chi connectivity index (χ0v) is 22.9. The number of anilines is 1. The molecule has 5 rings (SSSR count). The Balaban J connectivity index is 1.60. The molecule has 2 aromatic carbocycles. The number of carbonyl (C=O) groups is 1. The van der Waals surface area contributed by atoms with Gasteiger partial charge >= 0.3 is 0 Å². The Hall–Kier alpha value is -3.91. The first-order chi connectivity index (χ1) is 18.8. The average Bonchev–Trinajstić information content (AvgIpc) is 3.35. The second-order valence-electron chi connectivity index (χ2n) is 10.1. The van der Waals surface area contributed by atoms with E-state index in [1.165, 1.54) is 44.4 Å². The molecule has 7 nitrogen and oxygen atoms in total. The first kappa shape index (κ1) is 26.7. The van der Waals surface area contributed by atoms with E-state index in [9.17, 15) is 9.18 Å². The lowest BCUT2D eigenvalue weighted by molar-refractivity contribution is -0.119. The third kappa shape index (κ3) is 6.06. The van der Waals surface area contributed by atoms with Gasteiger partial charge in [0.05, 0.1) is 33.7 Å². The van der Waals surface area contributed by atoms with Crippen LogP contribution < -0.4 is 16.4 Å². The van der Waals surface area contributed by atoms with Crippen LogP contribution in [-0.2, 0) is 11.3 Å². The predicted molar refractivity (Wildman–Crippen MR) is 155 cm³/mol. The van der Waals surface area contributed by atoms with E-state index >= 15 is 0 Å². The fourth-order valence-corrected chi connectivity index (χ4v) is 5.24. The number of aromatic nitrogens is 2. The average molecular weight is 547 g/mol. The van der Waals surface area contributed by atoms with Crippen molar-refractivity contribution >= 4 is 40.2 Å². The van der Waals surface area contributed by atoms with Crippen molar-refractivity contribution in [3.63, 3.8) is 0 Å². The van der Waals surface area contributed by atoms with Crippen LogP contribution in [0.1, 0.15) is 55.7 Å². The number of hydrogen-bond acceptors (Lipinski definition) is 4. The first-order valence-electron chi connectivity index (χ1n) is 13.2. The minimum absolute atomic E-state index is 0.0688. The Morgan fingerprint density at radius 3 is 2.74 bits per heavy atom. The fourth-order valence-electron chi connectivity index (χ4n) is 5.08. The van der Waals surface area contributed by atoms with E-state index in [1.54, 1.807) is 6.20 Å². The van der Waals surface area contributed by atoms with Crippen LogP contribution in [0.3, 0.4) is 0 Å². The van der Waals surface area contributed by atoms with Crippen LogP contribution >= 0.6 is 11.6 Å². The minimum Gasteiger partial charge on any atom is -0.383 e. The molecule has 0 aliphatic heterocycles. The van der Waals surface area contributed by atoms with Gasteiger partial charge in [-0.1, -0.05) is 43.0 Å². The summed E-state index contributed by atoms with van der Waals surface area (Å²) in [5.74, 6) is -0.305. The number of nitrogens with two attached hydrogens (primary N) is 1. The number of aliphatic imine (C=N–C) groups is 1. The van der Waals surface area contributed by atoms with Crippen LogP contribution in [0.25, 0.3) is 16.6 Å². The van der Waals surface area contributed by atoms with Gasteiger partial charge in [0, 0.05) is 37.3 Å². The van der Waals surface area contributed by atoms with E-state index in [0.717, 1.165) is 46.3 Å². The van der Waals surface area contributed by atoms with Gasteiger partial charge in [0.2, 0.25) is 5.91 Å². The van der Waals surface area contributed by atoms with Crippen molar-refractivity contribution in [2.24, 2.45) is 10.7 Å². The normalized spacial score (nSPS) is 14.5. The molecule has 4 N–H and O–H groups in total. The molecule has 0 spiro atoms. The quantitative estimate of drug-likeness (QED) is 0.181. The van der Waals surface area contributed by atoms with Crippen molar-refractivity contribution in [2.75, 3.05) is 5.32 Å². The van der Waals surface area contributed by atoms with Gasteiger partial charge in [-0.15, -0.1) is 0 Å². The van der Waals surface area contributed by atoms with Crippen molar-refractivity contribution < 1.29 is 9.18 Å². The van der Waals surface area contributed by atoms with Crippen LogP contribution in [0.4, 0.5) is 15.8 Å².